The zero-order valence-electron chi connectivity index (χ0n) is 5.12. The molecule has 8 heteroatoms. The third-order valence-electron chi connectivity index (χ3n) is 0.984. The molecule has 1 aliphatic rings. The van der Waals surface area contributed by atoms with Gasteiger partial charge in [-0.05, 0) is 0 Å². The number of barbiturate groups is 1. The molecule has 0 saturated carbocycles. The molecule has 1 heterocycles. The van der Waals surface area contributed by atoms with Crippen LogP contribution in [0.4, 0.5) is 4.79 Å². The van der Waals surface area contributed by atoms with Crippen molar-refractivity contribution in [3.05, 3.63) is 0 Å². The monoisotopic (exact) mass is 297 g/mol. The van der Waals surface area contributed by atoms with Gasteiger partial charge in [0.15, 0.2) is 0 Å². The SMILES string of the molecule is O=C1NC(=O)C(=NO)C(=O)N1.[BaH2]. The Balaban J connectivity index is 0.00000121. The summed E-state index contributed by atoms with van der Waals surface area (Å²) in [6.07, 6.45) is 0. The minimum absolute atomic E-state index is 0. The summed E-state index contributed by atoms with van der Waals surface area (Å²) in [6, 6.07) is -0.924. The topological polar surface area (TPSA) is 108 Å². The normalized spacial score (nSPS) is 16.0. The van der Waals surface area contributed by atoms with Gasteiger partial charge in [0, 0.05) is 0 Å². The van der Waals surface area contributed by atoms with Crippen molar-refractivity contribution in [1.82, 2.24) is 10.6 Å². The second-order valence-electron chi connectivity index (χ2n) is 1.69. The van der Waals surface area contributed by atoms with Gasteiger partial charge in [-0.15, -0.1) is 0 Å². The maximum atomic E-state index is 10.6. The van der Waals surface area contributed by atoms with E-state index in [0.717, 1.165) is 0 Å². The molecule has 1 aliphatic heterocycles. The molecular weight excluding hydrogens is 291 g/mol. The summed E-state index contributed by atoms with van der Waals surface area (Å²) in [6.45, 7) is 0. The number of amides is 4. The second kappa shape index (κ2) is 4.62. The summed E-state index contributed by atoms with van der Waals surface area (Å²) < 4.78 is 0. The van der Waals surface area contributed by atoms with E-state index in [1.54, 1.807) is 10.6 Å². The van der Waals surface area contributed by atoms with Crippen molar-refractivity contribution in [2.75, 3.05) is 0 Å². The Morgan fingerprint density at radius 3 is 1.83 bits per heavy atom. The van der Waals surface area contributed by atoms with Crippen LogP contribution in [0.5, 0.6) is 0 Å². The molecular formula is C4H5BaN3O4. The molecule has 12 heavy (non-hydrogen) atoms. The molecule has 0 aliphatic carbocycles. The predicted octanol–water partition coefficient (Wildman–Crippen LogP) is -2.73. The van der Waals surface area contributed by atoms with Crippen LogP contribution >= 0.6 is 0 Å². The van der Waals surface area contributed by atoms with E-state index in [2.05, 4.69) is 5.16 Å². The number of hydrogen-bond donors (Lipinski definition) is 3. The molecule has 1 saturated heterocycles. The van der Waals surface area contributed by atoms with Gasteiger partial charge in [0.05, 0.1) is 0 Å². The van der Waals surface area contributed by atoms with Gasteiger partial charge in [-0.25, -0.2) is 4.79 Å². The number of urea groups is 1. The number of imide groups is 2. The number of nitrogens with one attached hydrogen (secondary N) is 2. The molecule has 7 nitrogen and oxygen atoms in total. The first-order valence-electron chi connectivity index (χ1n) is 2.54. The van der Waals surface area contributed by atoms with E-state index in [0.29, 0.717) is 0 Å². The summed E-state index contributed by atoms with van der Waals surface area (Å²) in [4.78, 5) is 31.5. The molecule has 0 bridgehead atoms. The summed E-state index contributed by atoms with van der Waals surface area (Å²) in [5.41, 5.74) is -0.732. The second-order valence-corrected chi connectivity index (χ2v) is 1.69. The van der Waals surface area contributed by atoms with Crippen molar-refractivity contribution in [2.24, 2.45) is 5.16 Å². The number of carbonyl (C=O) groups is 3. The number of oxime groups is 1. The molecule has 3 N–H and O–H groups in total. The third kappa shape index (κ3) is 2.32. The van der Waals surface area contributed by atoms with Crippen LogP contribution in [0.25, 0.3) is 0 Å². The van der Waals surface area contributed by atoms with Crippen molar-refractivity contribution in [3.63, 3.8) is 0 Å². The first-order valence-corrected chi connectivity index (χ1v) is 2.54. The Labute approximate surface area is 107 Å². The van der Waals surface area contributed by atoms with E-state index >= 15 is 0 Å². The van der Waals surface area contributed by atoms with Crippen molar-refractivity contribution in [1.29, 1.82) is 0 Å². The molecule has 0 aromatic heterocycles. The number of hydrogen-bond acceptors (Lipinski definition) is 5. The predicted molar refractivity (Wildman–Crippen MR) is 39.4 cm³/mol. The molecule has 0 radical (unpaired) electrons. The van der Waals surface area contributed by atoms with Gasteiger partial charge in [-0.2, -0.15) is 0 Å². The number of nitrogens with zero attached hydrogens (tertiary/aromatic N) is 1. The Hall–Kier alpha value is -0.349. The zero-order chi connectivity index (χ0) is 8.43. The van der Waals surface area contributed by atoms with Crippen molar-refractivity contribution >= 4 is 72.4 Å². The fraction of sp³-hybridized carbons (Fsp3) is 0. The first kappa shape index (κ1) is 11.7. The van der Waals surface area contributed by atoms with Crippen LogP contribution in [0.2, 0.25) is 0 Å². The Morgan fingerprint density at radius 1 is 1.08 bits per heavy atom. The molecule has 62 valence electrons. The van der Waals surface area contributed by atoms with E-state index < -0.39 is 23.6 Å². The fourth-order valence-corrected chi connectivity index (χ4v) is 0.550. The summed E-state index contributed by atoms with van der Waals surface area (Å²) in [5.74, 6) is -2.03. The number of rotatable bonds is 0. The average molecular weight is 296 g/mol. The molecule has 0 unspecified atom stereocenters. The quantitative estimate of drug-likeness (QED) is 0.256. The van der Waals surface area contributed by atoms with Crippen LogP contribution in [-0.2, 0) is 9.59 Å². The van der Waals surface area contributed by atoms with Crippen molar-refractivity contribution < 1.29 is 19.6 Å². The summed E-state index contributed by atoms with van der Waals surface area (Å²) >= 11 is 0. The summed E-state index contributed by atoms with van der Waals surface area (Å²) in [5, 5.41) is 13.9. The number of carbonyl (C=O) groups excluding carboxylic acids is 3. The third-order valence-corrected chi connectivity index (χ3v) is 0.984. The van der Waals surface area contributed by atoms with Gasteiger partial charge >= 0.3 is 54.9 Å². The molecule has 4 amide bonds. The zero-order valence-corrected chi connectivity index (χ0v) is 5.12. The van der Waals surface area contributed by atoms with Crippen LogP contribution in [0.1, 0.15) is 0 Å². The van der Waals surface area contributed by atoms with E-state index in [-0.39, 0.29) is 48.9 Å². The molecule has 0 aromatic carbocycles. The molecule has 1 rings (SSSR count). The summed E-state index contributed by atoms with van der Waals surface area (Å²) in [7, 11) is 0. The van der Waals surface area contributed by atoms with E-state index in [1.807, 2.05) is 0 Å². The van der Waals surface area contributed by atoms with Crippen LogP contribution in [0, 0.1) is 0 Å². The standard InChI is InChI=1S/C4H3N3O4.Ba.2H/c8-2-1(7-11)3(9)6-4(10)5-2;;;/h11H,(H2,5,6,8,9,10);;;. The van der Waals surface area contributed by atoms with Gasteiger partial charge < -0.3 is 5.21 Å². The maximum absolute atomic E-state index is 10.6. The average Bonchev–Trinajstić information content (AvgIpc) is 1.85. The van der Waals surface area contributed by atoms with Crippen molar-refractivity contribution in [2.45, 2.75) is 0 Å². The van der Waals surface area contributed by atoms with E-state index in [1.165, 1.54) is 0 Å². The van der Waals surface area contributed by atoms with E-state index in [4.69, 9.17) is 5.21 Å². The molecule has 0 atom stereocenters. The Bertz CT molecular complexity index is 251. The fourth-order valence-electron chi connectivity index (χ4n) is 0.550. The Kier molecular flexibility index (Phi) is 4.49. The van der Waals surface area contributed by atoms with E-state index in [9.17, 15) is 14.4 Å². The molecule has 0 aromatic rings. The molecule has 0 spiro atoms. The van der Waals surface area contributed by atoms with Gasteiger partial charge in [0.1, 0.15) is 0 Å². The van der Waals surface area contributed by atoms with Crippen molar-refractivity contribution in [3.8, 4) is 0 Å². The minimum atomic E-state index is -1.01. The van der Waals surface area contributed by atoms with Crippen LogP contribution in [0.15, 0.2) is 5.16 Å². The van der Waals surface area contributed by atoms with Gasteiger partial charge in [0.2, 0.25) is 5.71 Å². The van der Waals surface area contributed by atoms with Gasteiger partial charge in [-0.1, -0.05) is 5.16 Å². The molecule has 1 fully saturated rings. The van der Waals surface area contributed by atoms with Gasteiger partial charge in [0.25, 0.3) is 11.8 Å². The first-order chi connectivity index (χ1) is 5.15. The van der Waals surface area contributed by atoms with Crippen LogP contribution in [0.3, 0.4) is 0 Å². The van der Waals surface area contributed by atoms with Crippen LogP contribution < -0.4 is 10.6 Å². The van der Waals surface area contributed by atoms with Gasteiger partial charge in [-0.3, -0.25) is 20.2 Å². The Morgan fingerprint density at radius 2 is 1.50 bits per heavy atom. The van der Waals surface area contributed by atoms with Crippen LogP contribution in [-0.4, -0.2) is 77.6 Å².